The zero-order valence-corrected chi connectivity index (χ0v) is 16.1. The van der Waals surface area contributed by atoms with Gasteiger partial charge in [-0.1, -0.05) is 19.3 Å². The summed E-state index contributed by atoms with van der Waals surface area (Å²) in [4.78, 5) is 26.4. The van der Waals surface area contributed by atoms with E-state index in [-0.39, 0.29) is 11.9 Å². The highest BCUT2D eigenvalue weighted by atomic mass is 16.2. The van der Waals surface area contributed by atoms with Crippen LogP contribution in [0.4, 0.5) is 5.82 Å². The molecule has 1 amide bonds. The van der Waals surface area contributed by atoms with E-state index in [1.54, 1.807) is 0 Å². The number of carbonyl (C=O) groups is 1. The largest absolute Gasteiger partial charge is 0.355 e. The number of piperidine rings is 1. The first-order chi connectivity index (χ1) is 12.5. The number of amides is 1. The number of anilines is 1. The van der Waals surface area contributed by atoms with Gasteiger partial charge in [0.05, 0.1) is 0 Å². The van der Waals surface area contributed by atoms with Crippen LogP contribution in [0, 0.1) is 25.7 Å². The number of rotatable bonds is 3. The van der Waals surface area contributed by atoms with Crippen molar-refractivity contribution in [2.24, 2.45) is 17.6 Å². The Morgan fingerprint density at radius 1 is 1.00 bits per heavy atom. The van der Waals surface area contributed by atoms with Crippen LogP contribution in [0.3, 0.4) is 0 Å². The lowest BCUT2D eigenvalue weighted by atomic mass is 9.72. The molecule has 1 aromatic heterocycles. The van der Waals surface area contributed by atoms with Gasteiger partial charge in [0.15, 0.2) is 0 Å². The summed E-state index contributed by atoms with van der Waals surface area (Å²) < 4.78 is 0. The summed E-state index contributed by atoms with van der Waals surface area (Å²) in [5.41, 5.74) is 8.01. The van der Waals surface area contributed by atoms with E-state index in [9.17, 15) is 4.79 Å². The lowest BCUT2D eigenvalue weighted by Crippen LogP contribution is -2.42. The van der Waals surface area contributed by atoms with E-state index in [0.29, 0.717) is 5.82 Å². The number of nitrogens with zero attached hydrogens (tertiary/aromatic N) is 4. The lowest BCUT2D eigenvalue weighted by molar-refractivity contribution is 0.0597. The SMILES string of the molecule is Cc1nc(C(=O)N2CCC(C3CCC3)CC2)nc(N2CC[C@@H](N)C2)c1C. The molecule has 3 heterocycles. The van der Waals surface area contributed by atoms with Gasteiger partial charge >= 0.3 is 0 Å². The van der Waals surface area contributed by atoms with Crippen molar-refractivity contribution in [1.29, 1.82) is 0 Å². The fourth-order valence-electron chi connectivity index (χ4n) is 4.62. The standard InChI is InChI=1S/C20H31N5O/c1-13-14(2)22-18(23-19(13)25-11-8-17(21)12-25)20(26)24-9-6-16(7-10-24)15-4-3-5-15/h15-17H,3-12,21H2,1-2H3/t17-/m1/s1. The van der Waals surface area contributed by atoms with E-state index in [4.69, 9.17) is 5.73 Å². The van der Waals surface area contributed by atoms with E-state index in [2.05, 4.69) is 14.9 Å². The average Bonchev–Trinajstić information content (AvgIpc) is 3.02. The maximum atomic E-state index is 13.0. The Hall–Kier alpha value is -1.69. The number of nitrogens with two attached hydrogens (primary N) is 1. The van der Waals surface area contributed by atoms with Gasteiger partial charge in [0.25, 0.3) is 5.91 Å². The topological polar surface area (TPSA) is 75.4 Å². The van der Waals surface area contributed by atoms with Crippen molar-refractivity contribution in [3.63, 3.8) is 0 Å². The van der Waals surface area contributed by atoms with E-state index in [1.165, 1.54) is 19.3 Å². The smallest absolute Gasteiger partial charge is 0.291 e. The minimum Gasteiger partial charge on any atom is -0.355 e. The molecule has 4 rings (SSSR count). The molecular weight excluding hydrogens is 326 g/mol. The van der Waals surface area contributed by atoms with Crippen LogP contribution in [0.25, 0.3) is 0 Å². The van der Waals surface area contributed by atoms with Gasteiger partial charge in [0.1, 0.15) is 5.82 Å². The van der Waals surface area contributed by atoms with E-state index in [1.807, 2.05) is 18.7 Å². The van der Waals surface area contributed by atoms with Crippen LogP contribution in [0.1, 0.15) is 60.4 Å². The highest BCUT2D eigenvalue weighted by Gasteiger charge is 2.33. The number of likely N-dealkylation sites (tertiary alicyclic amines) is 1. The number of hydrogen-bond donors (Lipinski definition) is 1. The number of carbonyl (C=O) groups excluding carboxylic acids is 1. The summed E-state index contributed by atoms with van der Waals surface area (Å²) in [6, 6.07) is 0.189. The molecule has 3 fully saturated rings. The van der Waals surface area contributed by atoms with Gasteiger partial charge in [-0.3, -0.25) is 4.79 Å². The molecule has 1 aromatic rings. The maximum Gasteiger partial charge on any atom is 0.291 e. The van der Waals surface area contributed by atoms with Crippen molar-refractivity contribution in [3.8, 4) is 0 Å². The van der Waals surface area contributed by atoms with Gasteiger partial charge in [0, 0.05) is 43.5 Å². The van der Waals surface area contributed by atoms with Gasteiger partial charge in [-0.15, -0.1) is 0 Å². The molecule has 0 aromatic carbocycles. The summed E-state index contributed by atoms with van der Waals surface area (Å²) in [5, 5.41) is 0. The third kappa shape index (κ3) is 3.31. The summed E-state index contributed by atoms with van der Waals surface area (Å²) in [6.45, 7) is 7.40. The van der Waals surface area contributed by atoms with Crippen LogP contribution in [-0.4, -0.2) is 53.0 Å². The summed E-state index contributed by atoms with van der Waals surface area (Å²) >= 11 is 0. The van der Waals surface area contributed by atoms with Crippen molar-refractivity contribution >= 4 is 11.7 Å². The molecule has 1 saturated carbocycles. The van der Waals surface area contributed by atoms with E-state index < -0.39 is 0 Å². The molecule has 2 N–H and O–H groups in total. The molecule has 1 atom stereocenters. The van der Waals surface area contributed by atoms with Crippen molar-refractivity contribution in [2.45, 2.75) is 58.4 Å². The number of aryl methyl sites for hydroxylation is 1. The highest BCUT2D eigenvalue weighted by molar-refractivity contribution is 5.91. The summed E-state index contributed by atoms with van der Waals surface area (Å²) in [5.74, 6) is 2.96. The molecule has 0 unspecified atom stereocenters. The molecule has 3 aliphatic rings. The van der Waals surface area contributed by atoms with Gasteiger partial charge in [-0.25, -0.2) is 9.97 Å². The van der Waals surface area contributed by atoms with Gasteiger partial charge in [0.2, 0.25) is 5.82 Å². The molecule has 0 spiro atoms. The van der Waals surface area contributed by atoms with Crippen LogP contribution < -0.4 is 10.6 Å². The average molecular weight is 358 g/mol. The van der Waals surface area contributed by atoms with E-state index >= 15 is 0 Å². The second-order valence-corrected chi connectivity index (χ2v) is 8.40. The van der Waals surface area contributed by atoms with Crippen molar-refractivity contribution in [2.75, 3.05) is 31.1 Å². The Balaban J connectivity index is 1.48. The monoisotopic (exact) mass is 357 g/mol. The van der Waals surface area contributed by atoms with Crippen molar-refractivity contribution in [1.82, 2.24) is 14.9 Å². The molecule has 6 heteroatoms. The Morgan fingerprint density at radius 3 is 2.27 bits per heavy atom. The first-order valence-electron chi connectivity index (χ1n) is 10.2. The fourth-order valence-corrected chi connectivity index (χ4v) is 4.62. The first-order valence-corrected chi connectivity index (χ1v) is 10.2. The minimum absolute atomic E-state index is 0.00935. The van der Waals surface area contributed by atoms with E-state index in [0.717, 1.165) is 74.4 Å². The Labute approximate surface area is 156 Å². The second-order valence-electron chi connectivity index (χ2n) is 8.40. The predicted molar refractivity (Wildman–Crippen MR) is 102 cm³/mol. The van der Waals surface area contributed by atoms with Crippen molar-refractivity contribution < 1.29 is 4.79 Å². The molecular formula is C20H31N5O. The third-order valence-electron chi connectivity index (χ3n) is 6.72. The zero-order chi connectivity index (χ0) is 18.3. The van der Waals surface area contributed by atoms with Crippen LogP contribution >= 0.6 is 0 Å². The molecule has 1 aliphatic carbocycles. The first kappa shape index (κ1) is 17.7. The molecule has 0 radical (unpaired) electrons. The quantitative estimate of drug-likeness (QED) is 0.898. The van der Waals surface area contributed by atoms with Crippen molar-refractivity contribution in [3.05, 3.63) is 17.1 Å². The molecule has 6 nitrogen and oxygen atoms in total. The van der Waals surface area contributed by atoms with Crippen LogP contribution in [0.15, 0.2) is 0 Å². The Bertz CT molecular complexity index is 679. The van der Waals surface area contributed by atoms with Gasteiger partial charge < -0.3 is 15.5 Å². The normalized spacial score (nSPS) is 24.8. The Kier molecular flexibility index (Phi) is 4.86. The zero-order valence-electron chi connectivity index (χ0n) is 16.1. The second kappa shape index (κ2) is 7.14. The number of hydrogen-bond acceptors (Lipinski definition) is 5. The van der Waals surface area contributed by atoms with Crippen LogP contribution in [-0.2, 0) is 0 Å². The third-order valence-corrected chi connectivity index (χ3v) is 6.72. The van der Waals surface area contributed by atoms with Gasteiger partial charge in [-0.05, 0) is 44.9 Å². The molecule has 0 bridgehead atoms. The maximum absolute atomic E-state index is 13.0. The van der Waals surface area contributed by atoms with Gasteiger partial charge in [-0.2, -0.15) is 0 Å². The molecule has 2 saturated heterocycles. The van der Waals surface area contributed by atoms with Crippen LogP contribution in [0.5, 0.6) is 0 Å². The number of aromatic nitrogens is 2. The fraction of sp³-hybridized carbons (Fsp3) is 0.750. The predicted octanol–water partition coefficient (Wildman–Crippen LogP) is 2.28. The molecule has 26 heavy (non-hydrogen) atoms. The lowest BCUT2D eigenvalue weighted by Gasteiger charge is -2.39. The highest BCUT2D eigenvalue weighted by Crippen LogP contribution is 2.38. The molecule has 2 aliphatic heterocycles. The summed E-state index contributed by atoms with van der Waals surface area (Å²) in [7, 11) is 0. The molecule has 142 valence electrons. The summed E-state index contributed by atoms with van der Waals surface area (Å²) in [6.07, 6.45) is 7.41. The van der Waals surface area contributed by atoms with Crippen LogP contribution in [0.2, 0.25) is 0 Å². The minimum atomic E-state index is -0.00935. The Morgan fingerprint density at radius 2 is 1.69 bits per heavy atom.